The number of benzene rings is 3. The van der Waals surface area contributed by atoms with Gasteiger partial charge in [0.1, 0.15) is 5.54 Å². The molecule has 41 heavy (non-hydrogen) atoms. The Labute approximate surface area is 241 Å². The van der Waals surface area contributed by atoms with Crippen molar-refractivity contribution in [2.75, 3.05) is 42.5 Å². The highest BCUT2D eigenvalue weighted by Crippen LogP contribution is 2.40. The van der Waals surface area contributed by atoms with E-state index in [1.54, 1.807) is 35.2 Å². The van der Waals surface area contributed by atoms with Gasteiger partial charge in [0.05, 0.1) is 5.69 Å². The number of hydrogen-bond donors (Lipinski definition) is 1. The van der Waals surface area contributed by atoms with Gasteiger partial charge in [0, 0.05) is 50.5 Å². The molecule has 2 N–H and O–H groups in total. The Bertz CT molecular complexity index is 1440. The maximum absolute atomic E-state index is 14.0. The van der Waals surface area contributed by atoms with Gasteiger partial charge in [-0.15, -0.1) is 0 Å². The van der Waals surface area contributed by atoms with Crippen LogP contribution in [0.5, 0.6) is 0 Å². The predicted molar refractivity (Wildman–Crippen MR) is 161 cm³/mol. The van der Waals surface area contributed by atoms with Crippen molar-refractivity contribution in [1.82, 2.24) is 9.80 Å². The fraction of sp³-hybridized carbons (Fsp3) is 0.364. The lowest BCUT2D eigenvalue weighted by Gasteiger charge is -2.41. The molecular formula is C33H37N5O3. The minimum absolute atomic E-state index is 0.137. The van der Waals surface area contributed by atoms with E-state index in [0.717, 1.165) is 43.9 Å². The lowest BCUT2D eigenvalue weighted by molar-refractivity contribution is -0.127. The Kier molecular flexibility index (Phi) is 7.26. The number of piperidine rings is 1. The van der Waals surface area contributed by atoms with Crippen LogP contribution < -0.4 is 15.5 Å². The van der Waals surface area contributed by atoms with Gasteiger partial charge in [0.25, 0.3) is 5.91 Å². The number of primary amides is 1. The number of nitrogens with two attached hydrogens (primary N) is 1. The lowest BCUT2D eigenvalue weighted by Crippen LogP contribution is -2.56. The zero-order valence-electron chi connectivity index (χ0n) is 23.6. The van der Waals surface area contributed by atoms with Crippen molar-refractivity contribution in [1.29, 1.82) is 0 Å². The van der Waals surface area contributed by atoms with Crippen LogP contribution in [0.4, 0.5) is 16.2 Å². The molecule has 0 bridgehead atoms. The first-order valence-corrected chi connectivity index (χ1v) is 14.6. The van der Waals surface area contributed by atoms with Gasteiger partial charge in [-0.1, -0.05) is 36.4 Å². The van der Waals surface area contributed by atoms with Gasteiger partial charge in [-0.05, 0) is 85.7 Å². The SMILES string of the molecule is CCN1C(=O)N(c2ccc(-c3cccc(C(N)=O)c3)cc2)C(=O)C12CCN(Cc1ccc(N3CCCC3)cc1)CC2. The molecule has 1 spiro atoms. The van der Waals surface area contributed by atoms with Gasteiger partial charge in [-0.25, -0.2) is 9.69 Å². The Morgan fingerprint density at radius 1 is 0.829 bits per heavy atom. The molecule has 3 fully saturated rings. The third-order valence-electron chi connectivity index (χ3n) is 8.96. The molecule has 8 heteroatoms. The van der Waals surface area contributed by atoms with Crippen LogP contribution in [0, 0.1) is 0 Å². The second kappa shape index (κ2) is 11.0. The van der Waals surface area contributed by atoms with Crippen LogP contribution in [0.2, 0.25) is 0 Å². The van der Waals surface area contributed by atoms with Crippen molar-refractivity contribution in [3.63, 3.8) is 0 Å². The average molecular weight is 552 g/mol. The molecule has 3 aromatic carbocycles. The van der Waals surface area contributed by atoms with E-state index in [1.165, 1.54) is 29.0 Å². The van der Waals surface area contributed by atoms with Gasteiger partial charge < -0.3 is 15.5 Å². The van der Waals surface area contributed by atoms with Gasteiger partial charge in [0.15, 0.2) is 0 Å². The molecule has 0 aliphatic carbocycles. The number of likely N-dealkylation sites (tertiary alicyclic amines) is 1. The Morgan fingerprint density at radius 3 is 2.12 bits per heavy atom. The number of carbonyl (C=O) groups excluding carboxylic acids is 3. The van der Waals surface area contributed by atoms with Gasteiger partial charge in [0.2, 0.25) is 5.91 Å². The number of imide groups is 1. The number of rotatable bonds is 7. The molecule has 8 nitrogen and oxygen atoms in total. The van der Waals surface area contributed by atoms with Gasteiger partial charge >= 0.3 is 6.03 Å². The molecule has 3 aliphatic rings. The summed E-state index contributed by atoms with van der Waals surface area (Å²) in [6.07, 6.45) is 3.77. The quantitative estimate of drug-likeness (QED) is 0.423. The van der Waals surface area contributed by atoms with E-state index in [0.29, 0.717) is 30.6 Å². The van der Waals surface area contributed by atoms with Gasteiger partial charge in [-0.2, -0.15) is 0 Å². The minimum atomic E-state index is -0.809. The maximum atomic E-state index is 14.0. The standard InChI is InChI=1S/C33H37N5O3/c1-2-37-32(41)38(29-14-10-25(11-15-29)26-6-5-7-27(22-26)30(34)39)31(40)33(37)16-20-35(21-17-33)23-24-8-12-28(13-9-24)36-18-3-4-19-36/h5-15,22H,2-4,16-21,23H2,1H3,(H2,34,39). The number of nitrogens with zero attached hydrogens (tertiary/aromatic N) is 4. The molecule has 0 saturated carbocycles. The molecular weight excluding hydrogens is 514 g/mol. The van der Waals surface area contributed by atoms with Crippen molar-refractivity contribution in [3.05, 3.63) is 83.9 Å². The number of hydrogen-bond acceptors (Lipinski definition) is 5. The van der Waals surface area contributed by atoms with Crippen LogP contribution in [0.3, 0.4) is 0 Å². The zero-order chi connectivity index (χ0) is 28.6. The molecule has 3 aromatic rings. The molecule has 3 heterocycles. The number of urea groups is 1. The highest BCUT2D eigenvalue weighted by molar-refractivity contribution is 6.23. The van der Waals surface area contributed by atoms with E-state index in [2.05, 4.69) is 34.1 Å². The highest BCUT2D eigenvalue weighted by atomic mass is 16.2. The molecule has 6 rings (SSSR count). The summed E-state index contributed by atoms with van der Waals surface area (Å²) < 4.78 is 0. The topological polar surface area (TPSA) is 90.2 Å². The number of carbonyl (C=O) groups is 3. The summed E-state index contributed by atoms with van der Waals surface area (Å²) in [5.74, 6) is -0.620. The lowest BCUT2D eigenvalue weighted by atomic mass is 9.85. The van der Waals surface area contributed by atoms with Crippen LogP contribution in [-0.4, -0.2) is 65.9 Å². The summed E-state index contributed by atoms with van der Waals surface area (Å²) in [6.45, 7) is 7.06. The number of likely N-dealkylation sites (N-methyl/N-ethyl adjacent to an activating group) is 1. The first-order chi connectivity index (χ1) is 19.9. The van der Waals surface area contributed by atoms with Crippen LogP contribution in [0.15, 0.2) is 72.8 Å². The summed E-state index contributed by atoms with van der Waals surface area (Å²) in [5, 5.41) is 0. The summed E-state index contributed by atoms with van der Waals surface area (Å²) >= 11 is 0. The smallest absolute Gasteiger partial charge is 0.332 e. The molecule has 212 valence electrons. The molecule has 0 radical (unpaired) electrons. The maximum Gasteiger partial charge on any atom is 0.332 e. The molecule has 3 saturated heterocycles. The Morgan fingerprint density at radius 2 is 1.49 bits per heavy atom. The van der Waals surface area contributed by atoms with Gasteiger partial charge in [-0.3, -0.25) is 14.5 Å². The first-order valence-electron chi connectivity index (χ1n) is 14.6. The first kappa shape index (κ1) is 27.0. The van der Waals surface area contributed by atoms with E-state index in [9.17, 15) is 14.4 Å². The van der Waals surface area contributed by atoms with Crippen LogP contribution in [-0.2, 0) is 11.3 Å². The monoisotopic (exact) mass is 551 g/mol. The average Bonchev–Trinajstić information content (AvgIpc) is 3.60. The third-order valence-corrected chi connectivity index (χ3v) is 8.96. The van der Waals surface area contributed by atoms with E-state index in [-0.39, 0.29) is 11.9 Å². The largest absolute Gasteiger partial charge is 0.372 e. The second-order valence-electron chi connectivity index (χ2n) is 11.3. The normalized spacial score (nSPS) is 19.0. The molecule has 4 amide bonds. The Balaban J connectivity index is 1.14. The van der Waals surface area contributed by atoms with E-state index in [1.807, 2.05) is 25.1 Å². The van der Waals surface area contributed by atoms with Crippen LogP contribution in [0.25, 0.3) is 11.1 Å². The number of anilines is 2. The summed E-state index contributed by atoms with van der Waals surface area (Å²) in [7, 11) is 0. The predicted octanol–water partition coefficient (Wildman–Crippen LogP) is 4.88. The van der Waals surface area contributed by atoms with Crippen LogP contribution in [0.1, 0.15) is 48.5 Å². The fourth-order valence-electron chi connectivity index (χ4n) is 6.65. The van der Waals surface area contributed by atoms with E-state index < -0.39 is 11.4 Å². The summed E-state index contributed by atoms with van der Waals surface area (Å²) in [4.78, 5) is 47.1. The van der Waals surface area contributed by atoms with Crippen molar-refractivity contribution in [2.24, 2.45) is 5.73 Å². The van der Waals surface area contributed by atoms with Crippen molar-refractivity contribution >= 4 is 29.2 Å². The highest BCUT2D eigenvalue weighted by Gasteiger charge is 2.57. The van der Waals surface area contributed by atoms with Crippen molar-refractivity contribution in [3.8, 4) is 11.1 Å². The Hall–Kier alpha value is -4.17. The number of amides is 4. The van der Waals surface area contributed by atoms with E-state index >= 15 is 0 Å². The minimum Gasteiger partial charge on any atom is -0.372 e. The molecule has 0 unspecified atom stereocenters. The van der Waals surface area contributed by atoms with Crippen LogP contribution >= 0.6 is 0 Å². The summed E-state index contributed by atoms with van der Waals surface area (Å²) in [5.41, 5.74) is 9.91. The fourth-order valence-corrected chi connectivity index (χ4v) is 6.65. The second-order valence-corrected chi connectivity index (χ2v) is 11.3. The van der Waals surface area contributed by atoms with Crippen molar-refractivity contribution < 1.29 is 14.4 Å². The van der Waals surface area contributed by atoms with E-state index in [4.69, 9.17) is 5.73 Å². The zero-order valence-corrected chi connectivity index (χ0v) is 23.6. The van der Waals surface area contributed by atoms with Crippen molar-refractivity contribution in [2.45, 2.75) is 44.7 Å². The third kappa shape index (κ3) is 4.97. The molecule has 3 aliphatic heterocycles. The molecule has 0 aromatic heterocycles. The molecule has 0 atom stereocenters. The summed E-state index contributed by atoms with van der Waals surface area (Å²) in [6, 6.07) is 23.1.